The second kappa shape index (κ2) is 5.12. The number of ether oxygens (including phenoxy) is 1. The number of aryl methyl sites for hydroxylation is 1. The van der Waals surface area contributed by atoms with Gasteiger partial charge in [-0.3, -0.25) is 4.79 Å². The Balaban J connectivity index is 1.43. The maximum Gasteiger partial charge on any atom is 0.226 e. The van der Waals surface area contributed by atoms with Crippen LogP contribution < -0.4 is 4.74 Å². The highest BCUT2D eigenvalue weighted by Gasteiger charge is 2.66. The summed E-state index contributed by atoms with van der Waals surface area (Å²) in [6, 6.07) is 8.16. The second-order valence-corrected chi connectivity index (χ2v) is 6.23. The smallest absolute Gasteiger partial charge is 0.226 e. The number of amides is 1. The zero-order chi connectivity index (χ0) is 14.2. The zero-order valence-corrected chi connectivity index (χ0v) is 12.4. The Morgan fingerprint density at radius 1 is 1.45 bits per heavy atom. The van der Waals surface area contributed by atoms with Crippen molar-refractivity contribution in [2.75, 3.05) is 20.2 Å². The molecule has 1 amide bonds. The van der Waals surface area contributed by atoms with E-state index in [9.17, 15) is 4.79 Å². The van der Waals surface area contributed by atoms with E-state index in [1.54, 1.807) is 0 Å². The number of benzene rings is 1. The molecule has 3 heteroatoms. The minimum atomic E-state index is 0.313. The van der Waals surface area contributed by atoms with E-state index in [0.717, 1.165) is 18.6 Å². The molecule has 0 aromatic heterocycles. The van der Waals surface area contributed by atoms with Gasteiger partial charge in [0, 0.05) is 13.0 Å². The predicted molar refractivity (Wildman–Crippen MR) is 78.7 cm³/mol. The first kappa shape index (κ1) is 13.5. The molecule has 2 fully saturated rings. The molecule has 1 aromatic rings. The van der Waals surface area contributed by atoms with E-state index in [2.05, 4.69) is 19.1 Å². The van der Waals surface area contributed by atoms with Crippen molar-refractivity contribution in [2.45, 2.75) is 32.6 Å². The first-order chi connectivity index (χ1) is 9.64. The standard InChI is InChI=1S/C17H23NO2/c1-3-13-5-4-6-14(11-13)20-10-9-18(2)16(19)15-12-17(15)7-8-17/h4-6,11,15H,3,7-10,12H2,1-2H3. The van der Waals surface area contributed by atoms with Gasteiger partial charge in [0.15, 0.2) is 0 Å². The van der Waals surface area contributed by atoms with E-state index in [-0.39, 0.29) is 0 Å². The van der Waals surface area contributed by atoms with E-state index in [0.29, 0.717) is 30.4 Å². The predicted octanol–water partition coefficient (Wildman–Crippen LogP) is 2.89. The molecule has 1 atom stereocenters. The van der Waals surface area contributed by atoms with Gasteiger partial charge in [-0.05, 0) is 48.8 Å². The summed E-state index contributed by atoms with van der Waals surface area (Å²) >= 11 is 0. The fourth-order valence-corrected chi connectivity index (χ4v) is 2.94. The molecule has 0 heterocycles. The summed E-state index contributed by atoms with van der Waals surface area (Å²) in [7, 11) is 1.89. The second-order valence-electron chi connectivity index (χ2n) is 6.23. The summed E-state index contributed by atoms with van der Waals surface area (Å²) in [4.78, 5) is 14.0. The van der Waals surface area contributed by atoms with Gasteiger partial charge in [0.1, 0.15) is 12.4 Å². The Morgan fingerprint density at radius 2 is 2.25 bits per heavy atom. The molecule has 3 rings (SSSR count). The van der Waals surface area contributed by atoms with Crippen molar-refractivity contribution in [3.05, 3.63) is 29.8 Å². The Bertz CT molecular complexity index is 507. The first-order valence-electron chi connectivity index (χ1n) is 7.61. The number of nitrogens with zero attached hydrogens (tertiary/aromatic N) is 1. The van der Waals surface area contributed by atoms with Crippen LogP contribution in [0.25, 0.3) is 0 Å². The molecule has 0 aliphatic heterocycles. The lowest BCUT2D eigenvalue weighted by Gasteiger charge is -2.17. The van der Waals surface area contributed by atoms with Crippen LogP contribution in [0.5, 0.6) is 5.75 Å². The van der Waals surface area contributed by atoms with Crippen molar-refractivity contribution in [2.24, 2.45) is 11.3 Å². The van der Waals surface area contributed by atoms with Crippen LogP contribution >= 0.6 is 0 Å². The molecule has 1 unspecified atom stereocenters. The van der Waals surface area contributed by atoms with E-state index in [1.165, 1.54) is 18.4 Å². The van der Waals surface area contributed by atoms with Gasteiger partial charge in [0.25, 0.3) is 0 Å². The Kier molecular flexibility index (Phi) is 3.45. The zero-order valence-electron chi connectivity index (χ0n) is 12.4. The Hall–Kier alpha value is -1.51. The van der Waals surface area contributed by atoms with Gasteiger partial charge in [0.2, 0.25) is 5.91 Å². The third kappa shape index (κ3) is 2.67. The van der Waals surface area contributed by atoms with Crippen LogP contribution in [0, 0.1) is 11.3 Å². The number of rotatable bonds is 6. The van der Waals surface area contributed by atoms with E-state index in [4.69, 9.17) is 4.74 Å². The van der Waals surface area contributed by atoms with Crippen LogP contribution in [0.1, 0.15) is 31.7 Å². The summed E-state index contributed by atoms with van der Waals surface area (Å²) in [6.45, 7) is 3.37. The number of hydrogen-bond acceptors (Lipinski definition) is 2. The van der Waals surface area contributed by atoms with Crippen LogP contribution in [-0.4, -0.2) is 31.0 Å². The number of hydrogen-bond donors (Lipinski definition) is 0. The molecule has 2 aliphatic rings. The fraction of sp³-hybridized carbons (Fsp3) is 0.588. The van der Waals surface area contributed by atoms with Crippen molar-refractivity contribution >= 4 is 5.91 Å². The van der Waals surface area contributed by atoms with Gasteiger partial charge < -0.3 is 9.64 Å². The highest BCUT2D eigenvalue weighted by atomic mass is 16.5. The van der Waals surface area contributed by atoms with Gasteiger partial charge in [0.05, 0.1) is 6.54 Å². The fourth-order valence-electron chi connectivity index (χ4n) is 2.94. The molecule has 3 nitrogen and oxygen atoms in total. The summed E-state index contributed by atoms with van der Waals surface area (Å²) in [5, 5.41) is 0. The SMILES string of the molecule is CCc1cccc(OCCN(C)C(=O)C2CC23CC3)c1. The van der Waals surface area contributed by atoms with Gasteiger partial charge in [-0.1, -0.05) is 19.1 Å². The summed E-state index contributed by atoms with van der Waals surface area (Å²) in [5.74, 6) is 1.53. The normalized spacial score (nSPS) is 21.6. The summed E-state index contributed by atoms with van der Waals surface area (Å²) in [6.07, 6.45) is 4.66. The van der Waals surface area contributed by atoms with Crippen LogP contribution in [0.15, 0.2) is 24.3 Å². The quantitative estimate of drug-likeness (QED) is 0.797. The lowest BCUT2D eigenvalue weighted by molar-refractivity contribution is -0.132. The molecular weight excluding hydrogens is 250 g/mol. The van der Waals surface area contributed by atoms with Gasteiger partial charge in [-0.15, -0.1) is 0 Å². The molecule has 1 spiro atoms. The van der Waals surface area contributed by atoms with Crippen molar-refractivity contribution in [3.63, 3.8) is 0 Å². The molecule has 0 radical (unpaired) electrons. The van der Waals surface area contributed by atoms with E-state index < -0.39 is 0 Å². The van der Waals surface area contributed by atoms with Crippen LogP contribution in [0.4, 0.5) is 0 Å². The average Bonchev–Trinajstić information content (AvgIpc) is 3.38. The number of carbonyl (C=O) groups excluding carboxylic acids is 1. The van der Waals surface area contributed by atoms with E-state index in [1.807, 2.05) is 24.1 Å². The van der Waals surface area contributed by atoms with Crippen LogP contribution in [0.2, 0.25) is 0 Å². The maximum absolute atomic E-state index is 12.2. The van der Waals surface area contributed by atoms with Gasteiger partial charge in [-0.25, -0.2) is 0 Å². The van der Waals surface area contributed by atoms with Crippen LogP contribution in [0.3, 0.4) is 0 Å². The topological polar surface area (TPSA) is 29.5 Å². The Morgan fingerprint density at radius 3 is 2.90 bits per heavy atom. The number of carbonyl (C=O) groups is 1. The lowest BCUT2D eigenvalue weighted by atomic mass is 10.2. The minimum absolute atomic E-state index is 0.313. The molecule has 0 bridgehead atoms. The molecular formula is C17H23NO2. The lowest BCUT2D eigenvalue weighted by Crippen LogP contribution is -2.32. The summed E-state index contributed by atoms with van der Waals surface area (Å²) in [5.41, 5.74) is 1.72. The summed E-state index contributed by atoms with van der Waals surface area (Å²) < 4.78 is 5.74. The van der Waals surface area contributed by atoms with Crippen molar-refractivity contribution in [1.29, 1.82) is 0 Å². The minimum Gasteiger partial charge on any atom is -0.492 e. The molecule has 20 heavy (non-hydrogen) atoms. The maximum atomic E-state index is 12.2. The van der Waals surface area contributed by atoms with Crippen molar-refractivity contribution in [3.8, 4) is 5.75 Å². The van der Waals surface area contributed by atoms with Gasteiger partial charge >= 0.3 is 0 Å². The molecule has 0 N–H and O–H groups in total. The monoisotopic (exact) mass is 273 g/mol. The third-order valence-electron chi connectivity index (χ3n) is 4.76. The number of likely N-dealkylation sites (N-methyl/N-ethyl adjacent to an activating group) is 1. The van der Waals surface area contributed by atoms with Crippen molar-refractivity contribution < 1.29 is 9.53 Å². The van der Waals surface area contributed by atoms with Crippen molar-refractivity contribution in [1.82, 2.24) is 4.90 Å². The molecule has 2 aliphatic carbocycles. The van der Waals surface area contributed by atoms with Crippen LogP contribution in [-0.2, 0) is 11.2 Å². The largest absolute Gasteiger partial charge is 0.492 e. The molecule has 108 valence electrons. The average molecular weight is 273 g/mol. The molecule has 0 saturated heterocycles. The first-order valence-corrected chi connectivity index (χ1v) is 7.61. The molecule has 1 aromatic carbocycles. The molecule has 2 saturated carbocycles. The highest BCUT2D eigenvalue weighted by molar-refractivity contribution is 5.83. The third-order valence-corrected chi connectivity index (χ3v) is 4.76. The highest BCUT2D eigenvalue weighted by Crippen LogP contribution is 2.70. The van der Waals surface area contributed by atoms with Gasteiger partial charge in [-0.2, -0.15) is 0 Å². The Labute approximate surface area is 120 Å². The van der Waals surface area contributed by atoms with E-state index >= 15 is 0 Å².